The van der Waals surface area contributed by atoms with Gasteiger partial charge in [-0.05, 0) is 56.2 Å². The average molecular weight is 456 g/mol. The summed E-state index contributed by atoms with van der Waals surface area (Å²) in [6.07, 6.45) is 3.17. The van der Waals surface area contributed by atoms with E-state index in [1.54, 1.807) is 38.2 Å². The number of H-pyrrole nitrogens is 1. The third kappa shape index (κ3) is 4.55. The number of unbranched alkanes of at least 4 members (excludes halogenated alkanes) is 1. The fourth-order valence-electron chi connectivity index (χ4n) is 3.62. The maximum atomic E-state index is 13.4. The van der Waals surface area contributed by atoms with Gasteiger partial charge in [0.2, 0.25) is 5.43 Å². The van der Waals surface area contributed by atoms with Crippen molar-refractivity contribution in [2.75, 3.05) is 24.4 Å². The number of aromatic nitrogens is 1. The van der Waals surface area contributed by atoms with E-state index in [2.05, 4.69) is 4.98 Å². The van der Waals surface area contributed by atoms with E-state index in [9.17, 15) is 18.0 Å². The normalized spacial score (nSPS) is 11.5. The zero-order valence-electron chi connectivity index (χ0n) is 18.9. The fourth-order valence-corrected chi connectivity index (χ4v) is 5.11. The van der Waals surface area contributed by atoms with Crippen molar-refractivity contribution in [3.63, 3.8) is 0 Å². The van der Waals surface area contributed by atoms with Crippen LogP contribution in [0, 0.1) is 6.92 Å². The molecule has 0 bridgehead atoms. The lowest BCUT2D eigenvalue weighted by molar-refractivity contribution is 0.0792. The van der Waals surface area contributed by atoms with Gasteiger partial charge in [-0.3, -0.25) is 13.9 Å². The number of amides is 1. The largest absolute Gasteiger partial charge is 0.360 e. The van der Waals surface area contributed by atoms with Crippen LogP contribution in [0.3, 0.4) is 0 Å². The summed E-state index contributed by atoms with van der Waals surface area (Å²) in [5.41, 5.74) is 1.49. The summed E-state index contributed by atoms with van der Waals surface area (Å²) in [6.45, 7) is 6.47. The minimum absolute atomic E-state index is 0.00259. The van der Waals surface area contributed by atoms with Gasteiger partial charge in [-0.1, -0.05) is 25.5 Å². The molecule has 3 rings (SSSR count). The molecule has 0 atom stereocenters. The molecule has 0 saturated heterocycles. The average Bonchev–Trinajstić information content (AvgIpc) is 2.77. The van der Waals surface area contributed by atoms with Crippen molar-refractivity contribution in [3.05, 3.63) is 70.0 Å². The van der Waals surface area contributed by atoms with Crippen LogP contribution in [-0.2, 0) is 10.0 Å². The molecule has 1 N–H and O–H groups in total. The monoisotopic (exact) mass is 455 g/mol. The first kappa shape index (κ1) is 23.5. The van der Waals surface area contributed by atoms with Gasteiger partial charge in [0.1, 0.15) is 5.56 Å². The molecule has 1 aromatic heterocycles. The van der Waals surface area contributed by atoms with Gasteiger partial charge in [-0.15, -0.1) is 0 Å². The molecule has 0 fully saturated rings. The number of nitrogens with zero attached hydrogens (tertiary/aromatic N) is 2. The van der Waals surface area contributed by atoms with Crippen molar-refractivity contribution in [2.45, 2.75) is 38.5 Å². The Morgan fingerprint density at radius 3 is 2.50 bits per heavy atom. The highest BCUT2D eigenvalue weighted by atomic mass is 32.2. The summed E-state index contributed by atoms with van der Waals surface area (Å²) >= 11 is 0. The van der Waals surface area contributed by atoms with Gasteiger partial charge >= 0.3 is 0 Å². The smallest absolute Gasteiger partial charge is 0.264 e. The van der Waals surface area contributed by atoms with Gasteiger partial charge in [0.05, 0.1) is 10.6 Å². The molecule has 32 heavy (non-hydrogen) atoms. The molecule has 2 aromatic carbocycles. The van der Waals surface area contributed by atoms with E-state index >= 15 is 0 Å². The van der Waals surface area contributed by atoms with Gasteiger partial charge in [-0.2, -0.15) is 0 Å². The molecule has 0 spiro atoms. The van der Waals surface area contributed by atoms with Crippen LogP contribution < -0.4 is 9.73 Å². The standard InChI is InChI=1S/C24H29N3O4S/c1-5-7-13-26(4)24(29)21-16-25-22-12-11-19(15-20(22)23(21)28)32(30,31)27(6-2)18-10-8-9-17(3)14-18/h8-12,14-16H,5-7,13H2,1-4H3,(H,25,28). The second-order valence-corrected chi connectivity index (χ2v) is 9.69. The van der Waals surface area contributed by atoms with E-state index in [0.717, 1.165) is 18.4 Å². The number of carbonyl (C=O) groups is 1. The predicted octanol–water partition coefficient (Wildman–Crippen LogP) is 3.92. The Hall–Kier alpha value is -3.13. The van der Waals surface area contributed by atoms with E-state index in [1.165, 1.54) is 27.5 Å². The Labute approximate surface area is 188 Å². The quantitative estimate of drug-likeness (QED) is 0.557. The topological polar surface area (TPSA) is 90.6 Å². The molecule has 0 unspecified atom stereocenters. The van der Waals surface area contributed by atoms with E-state index in [0.29, 0.717) is 17.7 Å². The van der Waals surface area contributed by atoms with Gasteiger partial charge < -0.3 is 9.88 Å². The Bertz CT molecular complexity index is 1300. The summed E-state index contributed by atoms with van der Waals surface area (Å²) < 4.78 is 28.1. The lowest BCUT2D eigenvalue weighted by atomic mass is 10.1. The Morgan fingerprint density at radius 1 is 1.09 bits per heavy atom. The highest BCUT2D eigenvalue weighted by molar-refractivity contribution is 7.92. The lowest BCUT2D eigenvalue weighted by Crippen LogP contribution is -2.32. The highest BCUT2D eigenvalue weighted by Gasteiger charge is 2.25. The number of benzene rings is 2. The number of sulfonamides is 1. The second kappa shape index (κ2) is 9.56. The predicted molar refractivity (Wildman–Crippen MR) is 128 cm³/mol. The van der Waals surface area contributed by atoms with Crippen LogP contribution in [0.4, 0.5) is 5.69 Å². The van der Waals surface area contributed by atoms with Crippen LogP contribution in [-0.4, -0.2) is 44.3 Å². The molecule has 0 radical (unpaired) electrons. The van der Waals surface area contributed by atoms with Crippen LogP contribution >= 0.6 is 0 Å². The molecular weight excluding hydrogens is 426 g/mol. The van der Waals surface area contributed by atoms with E-state index < -0.39 is 15.5 Å². The Morgan fingerprint density at radius 2 is 1.84 bits per heavy atom. The molecule has 3 aromatic rings. The third-order valence-electron chi connectivity index (χ3n) is 5.44. The minimum Gasteiger partial charge on any atom is -0.360 e. The van der Waals surface area contributed by atoms with Crippen molar-refractivity contribution < 1.29 is 13.2 Å². The lowest BCUT2D eigenvalue weighted by Gasteiger charge is -2.23. The SMILES string of the molecule is CCCCN(C)C(=O)c1c[nH]c2ccc(S(=O)(=O)N(CC)c3cccc(C)c3)cc2c1=O. The number of anilines is 1. The number of aryl methyl sites for hydroxylation is 1. The first-order valence-electron chi connectivity index (χ1n) is 10.7. The van der Waals surface area contributed by atoms with Crippen molar-refractivity contribution >= 4 is 32.5 Å². The second-order valence-electron chi connectivity index (χ2n) is 7.83. The number of hydrogen-bond acceptors (Lipinski definition) is 4. The van der Waals surface area contributed by atoms with Crippen molar-refractivity contribution in [1.82, 2.24) is 9.88 Å². The van der Waals surface area contributed by atoms with Gasteiger partial charge in [-0.25, -0.2) is 8.42 Å². The first-order chi connectivity index (χ1) is 15.2. The zero-order chi connectivity index (χ0) is 23.5. The number of fused-ring (bicyclic) bond motifs is 1. The molecule has 0 aliphatic carbocycles. The molecule has 1 amide bonds. The Kier molecular flexibility index (Phi) is 7.03. The maximum Gasteiger partial charge on any atom is 0.264 e. The molecule has 1 heterocycles. The minimum atomic E-state index is -3.91. The number of nitrogens with one attached hydrogen (secondary N) is 1. The number of rotatable bonds is 8. The van der Waals surface area contributed by atoms with E-state index in [4.69, 9.17) is 0 Å². The molecule has 8 heteroatoms. The maximum absolute atomic E-state index is 13.4. The van der Waals surface area contributed by atoms with Crippen LogP contribution in [0.2, 0.25) is 0 Å². The van der Waals surface area contributed by atoms with Crippen LogP contribution in [0.15, 0.2) is 58.4 Å². The molecule has 0 saturated carbocycles. The molecule has 0 aliphatic rings. The molecule has 170 valence electrons. The van der Waals surface area contributed by atoms with Crippen molar-refractivity contribution in [3.8, 4) is 0 Å². The summed E-state index contributed by atoms with van der Waals surface area (Å²) in [4.78, 5) is 30.3. The summed E-state index contributed by atoms with van der Waals surface area (Å²) in [5.74, 6) is -0.384. The number of carbonyl (C=O) groups excluding carboxylic acids is 1. The summed E-state index contributed by atoms with van der Waals surface area (Å²) in [6, 6.07) is 11.6. The van der Waals surface area contributed by atoms with Crippen LogP contribution in [0.5, 0.6) is 0 Å². The van der Waals surface area contributed by atoms with Crippen molar-refractivity contribution in [2.24, 2.45) is 0 Å². The summed E-state index contributed by atoms with van der Waals surface area (Å²) in [5, 5.41) is 0.168. The fraction of sp³-hybridized carbons (Fsp3) is 0.333. The number of aromatic amines is 1. The molecular formula is C24H29N3O4S. The van der Waals surface area contributed by atoms with Crippen LogP contribution in [0.1, 0.15) is 42.6 Å². The third-order valence-corrected chi connectivity index (χ3v) is 7.34. The Balaban J connectivity index is 2.07. The van der Waals surface area contributed by atoms with E-state index in [1.807, 2.05) is 19.9 Å². The number of hydrogen-bond donors (Lipinski definition) is 1. The van der Waals surface area contributed by atoms with Gasteiger partial charge in [0.15, 0.2) is 0 Å². The summed E-state index contributed by atoms with van der Waals surface area (Å²) in [7, 11) is -2.25. The molecule has 0 aliphatic heterocycles. The molecule has 7 nitrogen and oxygen atoms in total. The van der Waals surface area contributed by atoms with Crippen molar-refractivity contribution in [1.29, 1.82) is 0 Å². The van der Waals surface area contributed by atoms with E-state index in [-0.39, 0.29) is 28.3 Å². The zero-order valence-corrected chi connectivity index (χ0v) is 19.7. The number of pyridine rings is 1. The van der Waals surface area contributed by atoms with Gasteiger partial charge in [0.25, 0.3) is 15.9 Å². The van der Waals surface area contributed by atoms with Gasteiger partial charge in [0, 0.05) is 37.2 Å². The van der Waals surface area contributed by atoms with Crippen LogP contribution in [0.25, 0.3) is 10.9 Å². The highest BCUT2D eigenvalue weighted by Crippen LogP contribution is 2.25. The first-order valence-corrected chi connectivity index (χ1v) is 12.1.